The average Bonchev–Trinajstić information content (AvgIpc) is 3.09. The zero-order chi connectivity index (χ0) is 24.7. The number of amides is 1. The first-order valence-corrected chi connectivity index (χ1v) is 11.3. The standard InChI is InChI=1S/C26H31NO7/c1-5-33-19-10-7-9-18(15-19)24(28)22-23(27(13-8-14-31-3)26(30)25(22)29)17-11-12-20(34-6-2)21(16-17)32-4/h7,9-12,15-16,23,28H,5-6,8,13-14H2,1-4H3/b24-22+. The first-order chi connectivity index (χ1) is 16.5. The van der Waals surface area contributed by atoms with Gasteiger partial charge in [0.05, 0.1) is 31.9 Å². The van der Waals surface area contributed by atoms with Gasteiger partial charge >= 0.3 is 0 Å². The molecule has 8 nitrogen and oxygen atoms in total. The van der Waals surface area contributed by atoms with Crippen LogP contribution in [0.1, 0.15) is 37.4 Å². The fourth-order valence-corrected chi connectivity index (χ4v) is 4.02. The van der Waals surface area contributed by atoms with E-state index in [0.717, 1.165) is 0 Å². The van der Waals surface area contributed by atoms with Crippen LogP contribution < -0.4 is 14.2 Å². The number of methoxy groups -OCH3 is 2. The van der Waals surface area contributed by atoms with Crippen molar-refractivity contribution in [3.05, 3.63) is 59.2 Å². The van der Waals surface area contributed by atoms with Gasteiger partial charge in [0.25, 0.3) is 11.7 Å². The second kappa shape index (κ2) is 11.6. The van der Waals surface area contributed by atoms with Crippen LogP contribution in [0.15, 0.2) is 48.0 Å². The van der Waals surface area contributed by atoms with Crippen molar-refractivity contribution >= 4 is 17.4 Å². The summed E-state index contributed by atoms with van der Waals surface area (Å²) in [6.45, 7) is 5.36. The molecule has 1 aliphatic rings. The smallest absolute Gasteiger partial charge is 0.295 e. The van der Waals surface area contributed by atoms with Crippen molar-refractivity contribution < 1.29 is 33.6 Å². The number of hydrogen-bond acceptors (Lipinski definition) is 7. The molecule has 34 heavy (non-hydrogen) atoms. The summed E-state index contributed by atoms with van der Waals surface area (Å²) in [5, 5.41) is 11.2. The summed E-state index contributed by atoms with van der Waals surface area (Å²) in [4.78, 5) is 27.7. The fourth-order valence-electron chi connectivity index (χ4n) is 4.02. The molecule has 8 heteroatoms. The summed E-state index contributed by atoms with van der Waals surface area (Å²) < 4.78 is 21.7. The minimum absolute atomic E-state index is 0.0160. The average molecular weight is 470 g/mol. The molecular formula is C26H31NO7. The molecule has 1 amide bonds. The van der Waals surface area contributed by atoms with E-state index < -0.39 is 17.7 Å². The number of benzene rings is 2. The summed E-state index contributed by atoms with van der Waals surface area (Å²) in [6.07, 6.45) is 0.536. The third-order valence-electron chi connectivity index (χ3n) is 5.51. The molecular weight excluding hydrogens is 438 g/mol. The van der Waals surface area contributed by atoms with E-state index >= 15 is 0 Å². The van der Waals surface area contributed by atoms with Crippen LogP contribution in [0.5, 0.6) is 17.2 Å². The van der Waals surface area contributed by atoms with Crippen LogP contribution in [0.25, 0.3) is 5.76 Å². The maximum Gasteiger partial charge on any atom is 0.295 e. The molecule has 1 atom stereocenters. The van der Waals surface area contributed by atoms with Crippen molar-refractivity contribution in [2.24, 2.45) is 0 Å². The summed E-state index contributed by atoms with van der Waals surface area (Å²) in [5.74, 6) is -0.0899. The van der Waals surface area contributed by atoms with Gasteiger partial charge in [-0.25, -0.2) is 0 Å². The number of carbonyl (C=O) groups excluding carboxylic acids is 2. The number of aliphatic hydroxyl groups excluding tert-OH is 1. The molecule has 1 heterocycles. The highest BCUT2D eigenvalue weighted by Crippen LogP contribution is 2.42. The Hall–Kier alpha value is -3.52. The van der Waals surface area contributed by atoms with Gasteiger partial charge in [0.15, 0.2) is 11.5 Å². The highest BCUT2D eigenvalue weighted by atomic mass is 16.5. The van der Waals surface area contributed by atoms with Crippen LogP contribution in [0.2, 0.25) is 0 Å². The number of nitrogens with zero attached hydrogens (tertiary/aromatic N) is 1. The number of carbonyl (C=O) groups is 2. The van der Waals surface area contributed by atoms with E-state index in [2.05, 4.69) is 0 Å². The highest BCUT2D eigenvalue weighted by molar-refractivity contribution is 6.46. The van der Waals surface area contributed by atoms with Crippen molar-refractivity contribution in [1.29, 1.82) is 0 Å². The van der Waals surface area contributed by atoms with E-state index in [4.69, 9.17) is 18.9 Å². The monoisotopic (exact) mass is 469 g/mol. The summed E-state index contributed by atoms with van der Waals surface area (Å²) in [5.41, 5.74) is 1.03. The van der Waals surface area contributed by atoms with Gasteiger partial charge in [-0.3, -0.25) is 9.59 Å². The first-order valence-electron chi connectivity index (χ1n) is 11.3. The summed E-state index contributed by atoms with van der Waals surface area (Å²) >= 11 is 0. The van der Waals surface area contributed by atoms with Crippen molar-refractivity contribution in [2.45, 2.75) is 26.3 Å². The lowest BCUT2D eigenvalue weighted by Gasteiger charge is -2.26. The second-order valence-electron chi connectivity index (χ2n) is 7.64. The molecule has 0 spiro atoms. The number of hydrogen-bond donors (Lipinski definition) is 1. The van der Waals surface area contributed by atoms with Gasteiger partial charge in [0, 0.05) is 25.8 Å². The van der Waals surface area contributed by atoms with Crippen LogP contribution in [0.3, 0.4) is 0 Å². The number of likely N-dealkylation sites (tertiary alicyclic amines) is 1. The number of rotatable bonds is 11. The normalized spacial score (nSPS) is 17.2. The molecule has 0 radical (unpaired) electrons. The molecule has 2 aromatic rings. The topological polar surface area (TPSA) is 94.5 Å². The van der Waals surface area contributed by atoms with E-state index in [9.17, 15) is 14.7 Å². The quantitative estimate of drug-likeness (QED) is 0.230. The predicted molar refractivity (Wildman–Crippen MR) is 127 cm³/mol. The lowest BCUT2D eigenvalue weighted by Crippen LogP contribution is -2.31. The molecule has 0 aliphatic carbocycles. The molecule has 1 fully saturated rings. The van der Waals surface area contributed by atoms with Crippen molar-refractivity contribution in [3.63, 3.8) is 0 Å². The molecule has 1 aliphatic heterocycles. The predicted octanol–water partition coefficient (Wildman–Crippen LogP) is 3.95. The van der Waals surface area contributed by atoms with Crippen molar-refractivity contribution in [1.82, 2.24) is 4.90 Å². The molecule has 182 valence electrons. The molecule has 0 saturated carbocycles. The van der Waals surface area contributed by atoms with Gasteiger partial charge in [0.2, 0.25) is 0 Å². The van der Waals surface area contributed by atoms with Gasteiger partial charge in [-0.1, -0.05) is 18.2 Å². The van der Waals surface area contributed by atoms with E-state index in [1.807, 2.05) is 13.8 Å². The first kappa shape index (κ1) is 25.1. The summed E-state index contributed by atoms with van der Waals surface area (Å²) in [6, 6.07) is 11.3. The van der Waals surface area contributed by atoms with Gasteiger partial charge < -0.3 is 29.0 Å². The van der Waals surface area contributed by atoms with Crippen LogP contribution in [-0.2, 0) is 14.3 Å². The van der Waals surface area contributed by atoms with Crippen LogP contribution in [0, 0.1) is 0 Å². The molecule has 1 saturated heterocycles. The Morgan fingerprint density at radius 1 is 1.00 bits per heavy atom. The maximum absolute atomic E-state index is 13.2. The number of Topliss-reactive ketones (excluding diaryl/α,β-unsaturated/α-hetero) is 1. The van der Waals surface area contributed by atoms with Crippen LogP contribution >= 0.6 is 0 Å². The van der Waals surface area contributed by atoms with E-state index in [-0.39, 0.29) is 17.9 Å². The molecule has 0 bridgehead atoms. The SMILES string of the molecule is CCOc1cccc(/C(O)=C2\C(=O)C(=O)N(CCCOC)C2c2ccc(OCC)c(OC)c2)c1. The zero-order valence-corrected chi connectivity index (χ0v) is 20.0. The maximum atomic E-state index is 13.2. The summed E-state index contributed by atoms with van der Waals surface area (Å²) in [7, 11) is 3.10. The lowest BCUT2D eigenvalue weighted by atomic mass is 9.95. The highest BCUT2D eigenvalue weighted by Gasteiger charge is 2.46. The Morgan fingerprint density at radius 3 is 2.44 bits per heavy atom. The molecule has 1 N–H and O–H groups in total. The lowest BCUT2D eigenvalue weighted by molar-refractivity contribution is -0.140. The van der Waals surface area contributed by atoms with Gasteiger partial charge in [0.1, 0.15) is 11.5 Å². The van der Waals surface area contributed by atoms with E-state index in [1.54, 1.807) is 49.6 Å². The van der Waals surface area contributed by atoms with E-state index in [0.29, 0.717) is 54.6 Å². The third kappa shape index (κ3) is 5.17. The second-order valence-corrected chi connectivity index (χ2v) is 7.64. The largest absolute Gasteiger partial charge is 0.507 e. The third-order valence-corrected chi connectivity index (χ3v) is 5.51. The molecule has 1 unspecified atom stereocenters. The number of ether oxygens (including phenoxy) is 4. The van der Waals surface area contributed by atoms with Crippen LogP contribution in [0.4, 0.5) is 0 Å². The minimum atomic E-state index is -0.794. The Balaban J connectivity index is 2.15. The van der Waals surface area contributed by atoms with Crippen molar-refractivity contribution in [3.8, 4) is 17.2 Å². The van der Waals surface area contributed by atoms with Gasteiger partial charge in [-0.05, 0) is 50.1 Å². The number of aliphatic hydroxyl groups is 1. The van der Waals surface area contributed by atoms with E-state index in [1.165, 1.54) is 12.0 Å². The Labute approximate surface area is 199 Å². The van der Waals surface area contributed by atoms with Crippen LogP contribution in [-0.4, -0.2) is 62.3 Å². The van der Waals surface area contributed by atoms with Crippen molar-refractivity contribution in [2.75, 3.05) is 40.6 Å². The zero-order valence-electron chi connectivity index (χ0n) is 20.0. The van der Waals surface area contributed by atoms with Gasteiger partial charge in [-0.15, -0.1) is 0 Å². The Bertz CT molecular complexity index is 1060. The Morgan fingerprint density at radius 2 is 1.76 bits per heavy atom. The van der Waals surface area contributed by atoms with Gasteiger partial charge in [-0.2, -0.15) is 0 Å². The Kier molecular flexibility index (Phi) is 8.54. The molecule has 2 aromatic carbocycles. The minimum Gasteiger partial charge on any atom is -0.507 e. The fraction of sp³-hybridized carbons (Fsp3) is 0.385. The molecule has 3 rings (SSSR count). The molecule has 0 aromatic heterocycles. The number of ketones is 1.